The molecular formula is C22H24ClN3O6S. The molecule has 33 heavy (non-hydrogen) atoms. The van der Waals surface area contributed by atoms with E-state index in [-0.39, 0.29) is 30.8 Å². The van der Waals surface area contributed by atoms with Crippen molar-refractivity contribution in [2.75, 3.05) is 18.4 Å². The number of piperidine rings is 1. The molecule has 9 nitrogen and oxygen atoms in total. The van der Waals surface area contributed by atoms with Crippen LogP contribution in [0.15, 0.2) is 53.4 Å². The normalized spacial score (nSPS) is 16.1. The zero-order valence-corrected chi connectivity index (χ0v) is 19.4. The van der Waals surface area contributed by atoms with Crippen molar-refractivity contribution in [3.63, 3.8) is 0 Å². The summed E-state index contributed by atoms with van der Waals surface area (Å²) >= 11 is 5.82. The van der Waals surface area contributed by atoms with Crippen molar-refractivity contribution >= 4 is 45.1 Å². The average molecular weight is 494 g/mol. The van der Waals surface area contributed by atoms with Gasteiger partial charge in [0.15, 0.2) is 6.10 Å². The number of rotatable bonds is 7. The molecule has 11 heteroatoms. The molecule has 0 spiro atoms. The number of hydrogen-bond acceptors (Lipinski definition) is 6. The van der Waals surface area contributed by atoms with Gasteiger partial charge in [0.2, 0.25) is 15.9 Å². The monoisotopic (exact) mass is 493 g/mol. The van der Waals surface area contributed by atoms with Gasteiger partial charge < -0.3 is 15.8 Å². The van der Waals surface area contributed by atoms with E-state index in [2.05, 4.69) is 5.32 Å². The zero-order chi connectivity index (χ0) is 24.2. The van der Waals surface area contributed by atoms with Crippen molar-refractivity contribution in [2.24, 2.45) is 11.7 Å². The van der Waals surface area contributed by atoms with Crippen molar-refractivity contribution in [2.45, 2.75) is 30.8 Å². The quantitative estimate of drug-likeness (QED) is 0.568. The summed E-state index contributed by atoms with van der Waals surface area (Å²) in [5, 5.41) is 3.04. The van der Waals surface area contributed by atoms with Gasteiger partial charge in [-0.3, -0.25) is 14.4 Å². The van der Waals surface area contributed by atoms with Crippen LogP contribution in [0.4, 0.5) is 5.69 Å². The van der Waals surface area contributed by atoms with Gasteiger partial charge in [-0.05, 0) is 68.3 Å². The van der Waals surface area contributed by atoms with Gasteiger partial charge in [0.05, 0.1) is 10.8 Å². The third kappa shape index (κ3) is 6.10. The van der Waals surface area contributed by atoms with Crippen LogP contribution in [0.1, 0.15) is 30.1 Å². The Bertz CT molecular complexity index is 1130. The molecule has 0 bridgehead atoms. The maximum Gasteiger partial charge on any atom is 0.309 e. The molecule has 1 heterocycles. The Morgan fingerprint density at radius 2 is 1.64 bits per heavy atom. The fourth-order valence-corrected chi connectivity index (χ4v) is 4.97. The summed E-state index contributed by atoms with van der Waals surface area (Å²) in [5.41, 5.74) is 5.91. The number of sulfonamides is 1. The number of amides is 2. The van der Waals surface area contributed by atoms with Gasteiger partial charge in [0.1, 0.15) is 0 Å². The average Bonchev–Trinajstić information content (AvgIpc) is 2.79. The van der Waals surface area contributed by atoms with Crippen LogP contribution in [0.3, 0.4) is 0 Å². The Balaban J connectivity index is 1.51. The topological polar surface area (TPSA) is 136 Å². The molecular weight excluding hydrogens is 470 g/mol. The number of ether oxygens (including phenoxy) is 1. The molecule has 3 rings (SSSR count). The Kier molecular flexibility index (Phi) is 7.72. The van der Waals surface area contributed by atoms with E-state index >= 15 is 0 Å². The second-order valence-electron chi connectivity index (χ2n) is 7.64. The molecule has 1 aliphatic heterocycles. The van der Waals surface area contributed by atoms with Crippen LogP contribution in [0.5, 0.6) is 0 Å². The smallest absolute Gasteiger partial charge is 0.309 e. The SMILES string of the molecule is CC(OC(=O)C1CCN(S(=O)(=O)c2ccc(Cl)cc2)CC1)C(=O)Nc1ccc(C(N)=O)cc1. The van der Waals surface area contributed by atoms with Gasteiger partial charge in [-0.25, -0.2) is 8.42 Å². The molecule has 0 radical (unpaired) electrons. The fourth-order valence-electron chi connectivity index (χ4n) is 3.37. The third-order valence-electron chi connectivity index (χ3n) is 5.34. The van der Waals surface area contributed by atoms with Crippen molar-refractivity contribution < 1.29 is 27.5 Å². The molecule has 2 aromatic carbocycles. The minimum absolute atomic E-state index is 0.141. The number of carbonyl (C=O) groups is 3. The lowest BCUT2D eigenvalue weighted by Gasteiger charge is -2.30. The summed E-state index contributed by atoms with van der Waals surface area (Å²) in [6.45, 7) is 1.78. The Morgan fingerprint density at radius 3 is 2.18 bits per heavy atom. The summed E-state index contributed by atoms with van der Waals surface area (Å²) < 4.78 is 32.1. The minimum atomic E-state index is -3.68. The van der Waals surface area contributed by atoms with Gasteiger partial charge in [0.25, 0.3) is 5.91 Å². The molecule has 1 fully saturated rings. The number of anilines is 1. The number of carbonyl (C=O) groups excluding carboxylic acids is 3. The molecule has 0 saturated carbocycles. The molecule has 2 aromatic rings. The summed E-state index contributed by atoms with van der Waals surface area (Å²) in [5.74, 6) is -2.17. The first-order valence-electron chi connectivity index (χ1n) is 10.2. The first-order valence-corrected chi connectivity index (χ1v) is 12.1. The van der Waals surface area contributed by atoms with Crippen LogP contribution in [-0.2, 0) is 24.3 Å². The van der Waals surface area contributed by atoms with Gasteiger partial charge in [0, 0.05) is 29.4 Å². The highest BCUT2D eigenvalue weighted by molar-refractivity contribution is 7.89. The van der Waals surface area contributed by atoms with Crippen molar-refractivity contribution in [1.29, 1.82) is 0 Å². The molecule has 1 saturated heterocycles. The van der Waals surface area contributed by atoms with E-state index in [9.17, 15) is 22.8 Å². The number of hydrogen-bond donors (Lipinski definition) is 2. The lowest BCUT2D eigenvalue weighted by Crippen LogP contribution is -2.41. The number of benzene rings is 2. The van der Waals surface area contributed by atoms with Crippen LogP contribution in [0, 0.1) is 5.92 Å². The Morgan fingerprint density at radius 1 is 1.06 bits per heavy atom. The van der Waals surface area contributed by atoms with Gasteiger partial charge in [-0.1, -0.05) is 11.6 Å². The van der Waals surface area contributed by atoms with Gasteiger partial charge in [-0.15, -0.1) is 0 Å². The molecule has 1 aliphatic rings. The van der Waals surface area contributed by atoms with E-state index in [0.717, 1.165) is 0 Å². The Hall–Kier alpha value is -2.95. The minimum Gasteiger partial charge on any atom is -0.452 e. The summed E-state index contributed by atoms with van der Waals surface area (Å²) in [7, 11) is -3.68. The second kappa shape index (κ2) is 10.3. The van der Waals surface area contributed by atoms with Crippen LogP contribution >= 0.6 is 11.6 Å². The number of halogens is 1. The molecule has 2 amide bonds. The maximum absolute atomic E-state index is 12.8. The fraction of sp³-hybridized carbons (Fsp3) is 0.318. The van der Waals surface area contributed by atoms with Crippen LogP contribution in [0.2, 0.25) is 5.02 Å². The van der Waals surface area contributed by atoms with Crippen LogP contribution in [0.25, 0.3) is 0 Å². The molecule has 0 aromatic heterocycles. The number of nitrogens with one attached hydrogen (secondary N) is 1. The largest absolute Gasteiger partial charge is 0.452 e. The van der Waals surface area contributed by atoms with E-state index in [1.54, 1.807) is 0 Å². The Labute approximate surface area is 196 Å². The highest BCUT2D eigenvalue weighted by atomic mass is 35.5. The predicted molar refractivity (Wildman–Crippen MR) is 122 cm³/mol. The molecule has 3 N–H and O–H groups in total. The summed E-state index contributed by atoms with van der Waals surface area (Å²) in [6, 6.07) is 11.9. The van der Waals surface area contributed by atoms with Gasteiger partial charge >= 0.3 is 5.97 Å². The summed E-state index contributed by atoms with van der Waals surface area (Å²) in [4.78, 5) is 36.1. The number of esters is 1. The van der Waals surface area contributed by atoms with E-state index in [1.165, 1.54) is 59.8 Å². The van der Waals surface area contributed by atoms with Crippen molar-refractivity contribution in [3.05, 3.63) is 59.1 Å². The zero-order valence-electron chi connectivity index (χ0n) is 17.9. The number of nitrogens with zero attached hydrogens (tertiary/aromatic N) is 1. The number of nitrogens with two attached hydrogens (primary N) is 1. The maximum atomic E-state index is 12.8. The molecule has 0 aliphatic carbocycles. The van der Waals surface area contributed by atoms with Crippen molar-refractivity contribution in [3.8, 4) is 0 Å². The first kappa shape index (κ1) is 24.7. The highest BCUT2D eigenvalue weighted by Crippen LogP contribution is 2.26. The van der Waals surface area contributed by atoms with E-state index in [0.29, 0.717) is 16.3 Å². The van der Waals surface area contributed by atoms with Crippen LogP contribution in [-0.4, -0.2) is 49.7 Å². The van der Waals surface area contributed by atoms with Gasteiger partial charge in [-0.2, -0.15) is 4.31 Å². The molecule has 1 atom stereocenters. The van der Waals surface area contributed by atoms with Crippen molar-refractivity contribution in [1.82, 2.24) is 4.31 Å². The third-order valence-corrected chi connectivity index (χ3v) is 7.50. The summed E-state index contributed by atoms with van der Waals surface area (Å²) in [6.07, 6.45) is -0.479. The van der Waals surface area contributed by atoms with Crippen LogP contribution < -0.4 is 11.1 Å². The second-order valence-corrected chi connectivity index (χ2v) is 10.0. The number of primary amides is 1. The lowest BCUT2D eigenvalue weighted by molar-refractivity contribution is -0.158. The predicted octanol–water partition coefficient (Wildman–Crippen LogP) is 2.41. The van der Waals surface area contributed by atoms with E-state index < -0.39 is 39.8 Å². The molecule has 1 unspecified atom stereocenters. The lowest BCUT2D eigenvalue weighted by atomic mass is 9.98. The van der Waals surface area contributed by atoms with E-state index in [1.807, 2.05) is 0 Å². The highest BCUT2D eigenvalue weighted by Gasteiger charge is 2.34. The molecule has 176 valence electrons. The standard InChI is InChI=1S/C22H24ClN3O6S/c1-14(21(28)25-18-6-2-15(3-7-18)20(24)27)32-22(29)16-10-12-26(13-11-16)33(30,31)19-8-4-17(23)5-9-19/h2-9,14,16H,10-13H2,1H3,(H2,24,27)(H,25,28). The van der Waals surface area contributed by atoms with E-state index in [4.69, 9.17) is 22.1 Å². The first-order chi connectivity index (χ1) is 15.6.